The third kappa shape index (κ3) is 4.09. The van der Waals surface area contributed by atoms with Crippen molar-refractivity contribution in [2.75, 3.05) is 13.1 Å². The summed E-state index contributed by atoms with van der Waals surface area (Å²) in [6, 6.07) is 13.5. The standard InChI is InChI=1S/C21H23N5O2/c27-19(12-16-4-2-1-3-5-16)17-7-10-25(11-8-17)21(28)18-6-9-22-20(13-18)26-14-23-24-15-26/h1-6,9,13-15,17,19,27H,7-8,10-12H2. The summed E-state index contributed by atoms with van der Waals surface area (Å²) in [5.74, 6) is 0.825. The van der Waals surface area contributed by atoms with Gasteiger partial charge in [-0.2, -0.15) is 0 Å². The van der Waals surface area contributed by atoms with E-state index in [2.05, 4.69) is 15.2 Å². The molecule has 28 heavy (non-hydrogen) atoms. The Labute approximate surface area is 163 Å². The van der Waals surface area contributed by atoms with Crippen molar-refractivity contribution in [3.8, 4) is 5.82 Å². The Bertz CT molecular complexity index is 906. The fourth-order valence-electron chi connectivity index (χ4n) is 3.70. The molecule has 7 nitrogen and oxygen atoms in total. The van der Waals surface area contributed by atoms with Crippen molar-refractivity contribution in [2.24, 2.45) is 5.92 Å². The third-order valence-corrected chi connectivity index (χ3v) is 5.33. The molecule has 1 amide bonds. The summed E-state index contributed by atoms with van der Waals surface area (Å²) in [4.78, 5) is 19.0. The molecule has 4 rings (SSSR count). The Morgan fingerprint density at radius 3 is 2.54 bits per heavy atom. The second-order valence-electron chi connectivity index (χ2n) is 7.16. The number of aromatic nitrogens is 4. The number of benzene rings is 1. The van der Waals surface area contributed by atoms with Crippen molar-refractivity contribution < 1.29 is 9.90 Å². The molecule has 144 valence electrons. The monoisotopic (exact) mass is 377 g/mol. The first-order valence-corrected chi connectivity index (χ1v) is 9.53. The Balaban J connectivity index is 1.36. The normalized spacial score (nSPS) is 16.1. The molecule has 1 N–H and O–H groups in total. The summed E-state index contributed by atoms with van der Waals surface area (Å²) < 4.78 is 1.67. The molecule has 1 aromatic carbocycles. The first-order chi connectivity index (χ1) is 13.7. The highest BCUT2D eigenvalue weighted by Gasteiger charge is 2.28. The van der Waals surface area contributed by atoms with E-state index in [1.807, 2.05) is 35.2 Å². The van der Waals surface area contributed by atoms with Gasteiger partial charge >= 0.3 is 0 Å². The summed E-state index contributed by atoms with van der Waals surface area (Å²) in [6.45, 7) is 1.30. The van der Waals surface area contributed by atoms with Gasteiger partial charge in [0.25, 0.3) is 5.91 Å². The van der Waals surface area contributed by atoms with Crippen LogP contribution in [0.25, 0.3) is 5.82 Å². The summed E-state index contributed by atoms with van der Waals surface area (Å²) in [7, 11) is 0. The predicted octanol–water partition coefficient (Wildman–Crippen LogP) is 2.12. The molecule has 1 aliphatic heterocycles. The van der Waals surface area contributed by atoms with Gasteiger partial charge in [0.15, 0.2) is 0 Å². The van der Waals surface area contributed by atoms with E-state index < -0.39 is 0 Å². The van der Waals surface area contributed by atoms with Gasteiger partial charge in [-0.1, -0.05) is 30.3 Å². The van der Waals surface area contributed by atoms with Gasteiger partial charge in [-0.25, -0.2) is 4.98 Å². The molecule has 0 saturated carbocycles. The van der Waals surface area contributed by atoms with Crippen molar-refractivity contribution in [3.05, 3.63) is 72.4 Å². The zero-order valence-corrected chi connectivity index (χ0v) is 15.6. The number of carbonyl (C=O) groups is 1. The number of hydrogen-bond acceptors (Lipinski definition) is 5. The minimum absolute atomic E-state index is 0.00674. The fourth-order valence-corrected chi connectivity index (χ4v) is 3.70. The van der Waals surface area contributed by atoms with Crippen LogP contribution in [-0.4, -0.2) is 54.9 Å². The van der Waals surface area contributed by atoms with Crippen LogP contribution in [0.15, 0.2) is 61.3 Å². The molecule has 1 atom stereocenters. The van der Waals surface area contributed by atoms with Gasteiger partial charge in [0.05, 0.1) is 6.10 Å². The second kappa shape index (κ2) is 8.31. The van der Waals surface area contributed by atoms with Crippen LogP contribution in [0.3, 0.4) is 0 Å². The van der Waals surface area contributed by atoms with Crippen LogP contribution in [0.1, 0.15) is 28.8 Å². The maximum Gasteiger partial charge on any atom is 0.254 e. The lowest BCUT2D eigenvalue weighted by Crippen LogP contribution is -2.41. The largest absolute Gasteiger partial charge is 0.392 e. The van der Waals surface area contributed by atoms with Crippen LogP contribution < -0.4 is 0 Å². The van der Waals surface area contributed by atoms with Gasteiger partial charge in [0.1, 0.15) is 18.5 Å². The highest BCUT2D eigenvalue weighted by Crippen LogP contribution is 2.24. The maximum absolute atomic E-state index is 12.9. The Morgan fingerprint density at radius 1 is 1.11 bits per heavy atom. The number of aliphatic hydroxyl groups excluding tert-OH is 1. The number of aliphatic hydroxyl groups is 1. The quantitative estimate of drug-likeness (QED) is 0.736. The van der Waals surface area contributed by atoms with Gasteiger partial charge in [-0.05, 0) is 42.9 Å². The van der Waals surface area contributed by atoms with Crippen molar-refractivity contribution >= 4 is 5.91 Å². The molecule has 1 unspecified atom stereocenters. The van der Waals surface area contributed by atoms with E-state index >= 15 is 0 Å². The highest BCUT2D eigenvalue weighted by molar-refractivity contribution is 5.94. The van der Waals surface area contributed by atoms with E-state index in [9.17, 15) is 9.90 Å². The molecule has 0 radical (unpaired) electrons. The molecule has 0 aliphatic carbocycles. The molecule has 1 aliphatic rings. The number of carbonyl (C=O) groups excluding carboxylic acids is 1. The van der Waals surface area contributed by atoms with Crippen molar-refractivity contribution in [1.29, 1.82) is 0 Å². The van der Waals surface area contributed by atoms with Gasteiger partial charge in [0, 0.05) is 24.8 Å². The van der Waals surface area contributed by atoms with E-state index in [0.717, 1.165) is 18.4 Å². The van der Waals surface area contributed by atoms with Gasteiger partial charge in [0.2, 0.25) is 0 Å². The van der Waals surface area contributed by atoms with Crippen LogP contribution in [0, 0.1) is 5.92 Å². The summed E-state index contributed by atoms with van der Waals surface area (Å²) >= 11 is 0. The molecule has 0 bridgehead atoms. The van der Waals surface area contributed by atoms with Gasteiger partial charge in [-0.15, -0.1) is 10.2 Å². The molecule has 2 aromatic heterocycles. The van der Waals surface area contributed by atoms with Crippen LogP contribution >= 0.6 is 0 Å². The van der Waals surface area contributed by atoms with Crippen molar-refractivity contribution in [2.45, 2.75) is 25.4 Å². The minimum Gasteiger partial charge on any atom is -0.392 e. The SMILES string of the molecule is O=C(c1ccnc(-n2cnnc2)c1)N1CCC(C(O)Cc2ccccc2)CC1. The smallest absolute Gasteiger partial charge is 0.254 e. The Kier molecular flexibility index (Phi) is 5.43. The van der Waals surface area contributed by atoms with Crippen LogP contribution in [-0.2, 0) is 6.42 Å². The molecule has 1 fully saturated rings. The van der Waals surface area contributed by atoms with Gasteiger partial charge < -0.3 is 10.0 Å². The first kappa shape index (κ1) is 18.3. The zero-order chi connectivity index (χ0) is 19.3. The lowest BCUT2D eigenvalue weighted by molar-refractivity contribution is 0.0467. The van der Waals surface area contributed by atoms with E-state index in [4.69, 9.17) is 0 Å². The first-order valence-electron chi connectivity index (χ1n) is 9.53. The number of rotatable bonds is 5. The van der Waals surface area contributed by atoms with E-state index in [0.29, 0.717) is 30.9 Å². The number of likely N-dealkylation sites (tertiary alicyclic amines) is 1. The zero-order valence-electron chi connectivity index (χ0n) is 15.6. The lowest BCUT2D eigenvalue weighted by atomic mass is 9.88. The topological polar surface area (TPSA) is 84.1 Å². The number of nitrogens with zero attached hydrogens (tertiary/aromatic N) is 5. The Hall–Kier alpha value is -3.06. The van der Waals surface area contributed by atoms with E-state index in [1.165, 1.54) is 0 Å². The molecular formula is C21H23N5O2. The average molecular weight is 377 g/mol. The molecule has 7 heteroatoms. The molecule has 3 aromatic rings. The van der Waals surface area contributed by atoms with Gasteiger partial charge in [-0.3, -0.25) is 9.36 Å². The van der Waals surface area contributed by atoms with Crippen LogP contribution in [0.5, 0.6) is 0 Å². The lowest BCUT2D eigenvalue weighted by Gasteiger charge is -2.34. The fraction of sp³-hybridized carbons (Fsp3) is 0.333. The number of hydrogen-bond donors (Lipinski definition) is 1. The molecule has 1 saturated heterocycles. The molecular weight excluding hydrogens is 354 g/mol. The third-order valence-electron chi connectivity index (χ3n) is 5.33. The number of piperidine rings is 1. The van der Waals surface area contributed by atoms with Crippen molar-refractivity contribution in [3.63, 3.8) is 0 Å². The number of amides is 1. The minimum atomic E-state index is -0.374. The molecule has 3 heterocycles. The molecule has 0 spiro atoms. The summed E-state index contributed by atoms with van der Waals surface area (Å²) in [5.41, 5.74) is 1.74. The maximum atomic E-state index is 12.9. The number of pyridine rings is 1. The predicted molar refractivity (Wildman–Crippen MR) is 104 cm³/mol. The highest BCUT2D eigenvalue weighted by atomic mass is 16.3. The Morgan fingerprint density at radius 2 is 1.82 bits per heavy atom. The summed E-state index contributed by atoms with van der Waals surface area (Å²) in [5, 5.41) is 18.1. The second-order valence-corrected chi connectivity index (χ2v) is 7.16. The van der Waals surface area contributed by atoms with E-state index in [1.54, 1.807) is 35.6 Å². The van der Waals surface area contributed by atoms with Crippen LogP contribution in [0.2, 0.25) is 0 Å². The van der Waals surface area contributed by atoms with Crippen LogP contribution in [0.4, 0.5) is 0 Å². The van der Waals surface area contributed by atoms with E-state index in [-0.39, 0.29) is 17.9 Å². The summed E-state index contributed by atoms with van der Waals surface area (Å²) in [6.07, 6.45) is 6.63. The average Bonchev–Trinajstić information content (AvgIpc) is 3.29. The van der Waals surface area contributed by atoms with Crippen molar-refractivity contribution in [1.82, 2.24) is 24.6 Å².